The third kappa shape index (κ3) is 4.22. The SMILES string of the molecule is Cc1nn(CC(F)(F)F)c(C)c1C1COCCN1C(=O)CC1CCCC1. The minimum atomic E-state index is -4.33. The molecule has 1 saturated carbocycles. The van der Waals surface area contributed by atoms with Gasteiger partial charge in [-0.25, -0.2) is 0 Å². The Balaban J connectivity index is 1.82. The third-order valence-corrected chi connectivity index (χ3v) is 5.49. The van der Waals surface area contributed by atoms with Crippen LogP contribution in [-0.4, -0.2) is 46.5 Å². The van der Waals surface area contributed by atoms with Gasteiger partial charge in [-0.15, -0.1) is 0 Å². The van der Waals surface area contributed by atoms with E-state index in [0.717, 1.165) is 17.5 Å². The van der Waals surface area contributed by atoms with Gasteiger partial charge < -0.3 is 9.64 Å². The average Bonchev–Trinajstić information content (AvgIpc) is 3.15. The van der Waals surface area contributed by atoms with Crippen molar-refractivity contribution in [3.8, 4) is 0 Å². The van der Waals surface area contributed by atoms with Gasteiger partial charge in [-0.1, -0.05) is 12.8 Å². The Labute approximate surface area is 151 Å². The Morgan fingerprint density at radius 3 is 2.62 bits per heavy atom. The van der Waals surface area contributed by atoms with Crippen LogP contribution in [0.15, 0.2) is 0 Å². The number of morpholine rings is 1. The van der Waals surface area contributed by atoms with Crippen molar-refractivity contribution < 1.29 is 22.7 Å². The van der Waals surface area contributed by atoms with Crippen LogP contribution in [0.4, 0.5) is 13.2 Å². The predicted molar refractivity (Wildman–Crippen MR) is 89.6 cm³/mol. The lowest BCUT2D eigenvalue weighted by molar-refractivity contribution is -0.143. The summed E-state index contributed by atoms with van der Waals surface area (Å²) in [4.78, 5) is 14.6. The third-order valence-electron chi connectivity index (χ3n) is 5.49. The van der Waals surface area contributed by atoms with Gasteiger partial charge >= 0.3 is 6.18 Å². The van der Waals surface area contributed by atoms with Gasteiger partial charge in [-0.05, 0) is 32.6 Å². The molecule has 3 rings (SSSR count). The zero-order valence-electron chi connectivity index (χ0n) is 15.3. The molecule has 8 heteroatoms. The Kier molecular flexibility index (Phi) is 5.60. The molecule has 1 aromatic heterocycles. The summed E-state index contributed by atoms with van der Waals surface area (Å²) in [5.74, 6) is 0.508. The van der Waals surface area contributed by atoms with Gasteiger partial charge in [0.05, 0.1) is 24.9 Å². The van der Waals surface area contributed by atoms with Crippen molar-refractivity contribution in [2.24, 2.45) is 5.92 Å². The summed E-state index contributed by atoms with van der Waals surface area (Å²) in [5, 5.41) is 4.07. The number of alkyl halides is 3. The first-order valence-electron chi connectivity index (χ1n) is 9.24. The molecule has 1 atom stereocenters. The predicted octanol–water partition coefficient (Wildman–Crippen LogP) is 3.54. The average molecular weight is 373 g/mol. The molecule has 1 aliphatic heterocycles. The van der Waals surface area contributed by atoms with Crippen LogP contribution in [0.25, 0.3) is 0 Å². The van der Waals surface area contributed by atoms with E-state index in [9.17, 15) is 18.0 Å². The van der Waals surface area contributed by atoms with E-state index >= 15 is 0 Å². The monoisotopic (exact) mass is 373 g/mol. The minimum absolute atomic E-state index is 0.0765. The molecule has 0 aromatic carbocycles. The topological polar surface area (TPSA) is 47.4 Å². The molecular formula is C18H26F3N3O2. The summed E-state index contributed by atoms with van der Waals surface area (Å²) < 4.78 is 44.9. The summed E-state index contributed by atoms with van der Waals surface area (Å²) in [6.45, 7) is 3.44. The van der Waals surface area contributed by atoms with Gasteiger partial charge in [0.15, 0.2) is 0 Å². The number of carbonyl (C=O) groups is 1. The van der Waals surface area contributed by atoms with E-state index < -0.39 is 12.7 Å². The molecule has 26 heavy (non-hydrogen) atoms. The van der Waals surface area contributed by atoms with Gasteiger partial charge in [-0.3, -0.25) is 9.48 Å². The highest BCUT2D eigenvalue weighted by Gasteiger charge is 2.36. The summed E-state index contributed by atoms with van der Waals surface area (Å²) in [6.07, 6.45) is 0.706. The summed E-state index contributed by atoms with van der Waals surface area (Å²) in [7, 11) is 0. The molecule has 5 nitrogen and oxygen atoms in total. The molecular weight excluding hydrogens is 347 g/mol. The van der Waals surface area contributed by atoms with Crippen molar-refractivity contribution in [3.63, 3.8) is 0 Å². The van der Waals surface area contributed by atoms with Crippen LogP contribution in [0.1, 0.15) is 55.1 Å². The highest BCUT2D eigenvalue weighted by molar-refractivity contribution is 5.77. The van der Waals surface area contributed by atoms with Crippen molar-refractivity contribution in [2.75, 3.05) is 19.8 Å². The molecule has 0 spiro atoms. The molecule has 2 fully saturated rings. The largest absolute Gasteiger partial charge is 0.408 e. The summed E-state index contributed by atoms with van der Waals surface area (Å²) in [6, 6.07) is -0.361. The van der Waals surface area contributed by atoms with Crippen molar-refractivity contribution in [2.45, 2.75) is 64.7 Å². The molecule has 146 valence electrons. The van der Waals surface area contributed by atoms with Gasteiger partial charge in [-0.2, -0.15) is 18.3 Å². The quantitative estimate of drug-likeness (QED) is 0.811. The highest BCUT2D eigenvalue weighted by atomic mass is 19.4. The number of hydrogen-bond donors (Lipinski definition) is 0. The smallest absolute Gasteiger partial charge is 0.377 e. The molecule has 0 bridgehead atoms. The normalized spacial score (nSPS) is 22.2. The summed E-state index contributed by atoms with van der Waals surface area (Å²) >= 11 is 0. The summed E-state index contributed by atoms with van der Waals surface area (Å²) in [5.41, 5.74) is 1.67. The van der Waals surface area contributed by atoms with Gasteiger partial charge in [0.1, 0.15) is 6.54 Å². The van der Waals surface area contributed by atoms with Crippen LogP contribution in [0, 0.1) is 19.8 Å². The number of aromatic nitrogens is 2. The number of ether oxygens (including phenoxy) is 1. The van der Waals surface area contributed by atoms with E-state index in [1.165, 1.54) is 12.8 Å². The van der Waals surface area contributed by atoms with E-state index in [0.29, 0.717) is 49.0 Å². The van der Waals surface area contributed by atoms with Gasteiger partial charge in [0.2, 0.25) is 5.91 Å². The van der Waals surface area contributed by atoms with Crippen molar-refractivity contribution in [1.29, 1.82) is 0 Å². The maximum Gasteiger partial charge on any atom is 0.408 e. The molecule has 1 aromatic rings. The van der Waals surface area contributed by atoms with Crippen LogP contribution < -0.4 is 0 Å². The molecule has 2 aliphatic rings. The van der Waals surface area contributed by atoms with E-state index in [-0.39, 0.29) is 11.9 Å². The number of halogens is 3. The first-order valence-corrected chi connectivity index (χ1v) is 9.24. The zero-order chi connectivity index (χ0) is 18.9. The Morgan fingerprint density at radius 2 is 1.96 bits per heavy atom. The number of hydrogen-bond acceptors (Lipinski definition) is 3. The fourth-order valence-corrected chi connectivity index (χ4v) is 4.24. The minimum Gasteiger partial charge on any atom is -0.377 e. The van der Waals surface area contributed by atoms with Crippen molar-refractivity contribution in [1.82, 2.24) is 14.7 Å². The van der Waals surface area contributed by atoms with Crippen LogP contribution in [-0.2, 0) is 16.1 Å². The van der Waals surface area contributed by atoms with E-state index in [2.05, 4.69) is 5.10 Å². The lowest BCUT2D eigenvalue weighted by atomic mass is 9.99. The lowest BCUT2D eigenvalue weighted by Gasteiger charge is -2.36. The fourth-order valence-electron chi connectivity index (χ4n) is 4.24. The number of nitrogens with zero attached hydrogens (tertiary/aromatic N) is 3. The van der Waals surface area contributed by atoms with E-state index in [1.807, 2.05) is 0 Å². The van der Waals surface area contributed by atoms with E-state index in [1.54, 1.807) is 18.7 Å². The second-order valence-electron chi connectivity index (χ2n) is 7.39. The second kappa shape index (κ2) is 7.58. The number of aryl methyl sites for hydroxylation is 1. The maximum absolute atomic E-state index is 12.9. The molecule has 1 aliphatic carbocycles. The molecule has 0 N–H and O–H groups in total. The van der Waals surface area contributed by atoms with Gasteiger partial charge in [0, 0.05) is 24.2 Å². The highest BCUT2D eigenvalue weighted by Crippen LogP contribution is 2.33. The fraction of sp³-hybridized carbons (Fsp3) is 0.778. The van der Waals surface area contributed by atoms with Gasteiger partial charge in [0.25, 0.3) is 0 Å². The Morgan fingerprint density at radius 1 is 1.27 bits per heavy atom. The first-order chi connectivity index (χ1) is 12.3. The first kappa shape index (κ1) is 19.2. The molecule has 2 heterocycles. The van der Waals surface area contributed by atoms with Crippen LogP contribution in [0.3, 0.4) is 0 Å². The Bertz CT molecular complexity index is 651. The lowest BCUT2D eigenvalue weighted by Crippen LogP contribution is -2.44. The van der Waals surface area contributed by atoms with Crippen LogP contribution >= 0.6 is 0 Å². The Hall–Kier alpha value is -1.57. The van der Waals surface area contributed by atoms with Crippen molar-refractivity contribution >= 4 is 5.91 Å². The zero-order valence-corrected chi connectivity index (χ0v) is 15.3. The standard InChI is InChI=1S/C18H26F3N3O2/c1-12-17(13(2)24(22-12)11-18(19,20)21)15-10-26-8-7-23(15)16(25)9-14-5-3-4-6-14/h14-15H,3-11H2,1-2H3. The molecule has 1 amide bonds. The van der Waals surface area contributed by atoms with E-state index in [4.69, 9.17) is 4.74 Å². The van der Waals surface area contributed by atoms with Crippen molar-refractivity contribution in [3.05, 3.63) is 17.0 Å². The number of carbonyl (C=O) groups excluding carboxylic acids is 1. The number of rotatable bonds is 4. The molecule has 1 saturated heterocycles. The maximum atomic E-state index is 12.9. The van der Waals surface area contributed by atoms with Crippen LogP contribution in [0.5, 0.6) is 0 Å². The molecule has 1 unspecified atom stereocenters. The molecule has 0 radical (unpaired) electrons. The van der Waals surface area contributed by atoms with Crippen LogP contribution in [0.2, 0.25) is 0 Å². The second-order valence-corrected chi connectivity index (χ2v) is 7.39. The number of amides is 1.